The molecule has 0 aliphatic carbocycles. The summed E-state index contributed by atoms with van der Waals surface area (Å²) < 4.78 is 35.7. The molecule has 0 saturated heterocycles. The van der Waals surface area contributed by atoms with Gasteiger partial charge < -0.3 is 14.5 Å². The number of nitrogens with one attached hydrogen (secondary N) is 1. The van der Waals surface area contributed by atoms with Gasteiger partial charge in [-0.05, 0) is 30.3 Å². The Hall–Kier alpha value is -2.03. The number of ether oxygens (including phenoxy) is 1. The van der Waals surface area contributed by atoms with Crippen molar-refractivity contribution in [3.63, 3.8) is 0 Å². The molecular weight excluding hydrogens is 384 g/mol. The fraction of sp³-hybridized carbons (Fsp3) is 0.188. The highest BCUT2D eigenvalue weighted by atomic mass is 35.5. The molecule has 0 unspecified atom stereocenters. The molecule has 6 nitrogen and oxygen atoms in total. The molecule has 9 heteroatoms. The maximum absolute atomic E-state index is 12.1. The average molecular weight is 399 g/mol. The zero-order valence-electron chi connectivity index (χ0n) is 13.4. The molecule has 0 bridgehead atoms. The highest BCUT2D eigenvalue weighted by Crippen LogP contribution is 2.34. The van der Waals surface area contributed by atoms with E-state index < -0.39 is 9.84 Å². The van der Waals surface area contributed by atoms with E-state index in [-0.39, 0.29) is 16.7 Å². The van der Waals surface area contributed by atoms with Crippen LogP contribution in [0.2, 0.25) is 4.34 Å². The Morgan fingerprint density at radius 3 is 2.76 bits per heavy atom. The van der Waals surface area contributed by atoms with Gasteiger partial charge in [-0.3, -0.25) is 0 Å². The van der Waals surface area contributed by atoms with Crippen LogP contribution >= 0.6 is 22.9 Å². The average Bonchev–Trinajstić information content (AvgIpc) is 3.23. The highest BCUT2D eigenvalue weighted by Gasteiger charge is 2.16. The molecule has 0 radical (unpaired) electrons. The first-order chi connectivity index (χ1) is 11.9. The lowest BCUT2D eigenvalue weighted by Crippen LogP contribution is -2.05. The summed E-state index contributed by atoms with van der Waals surface area (Å²) in [6.45, 7) is 1.60. The lowest BCUT2D eigenvalue weighted by atomic mass is 10.3. The van der Waals surface area contributed by atoms with Crippen molar-refractivity contribution in [3.8, 4) is 16.4 Å². The predicted octanol–water partition coefficient (Wildman–Crippen LogP) is 4.60. The maximum Gasteiger partial charge on any atom is 0.299 e. The molecule has 25 heavy (non-hydrogen) atoms. The number of halogens is 1. The third-order valence-corrected chi connectivity index (χ3v) is 6.45. The summed E-state index contributed by atoms with van der Waals surface area (Å²) in [5, 5.41) is 2.96. The molecule has 132 valence electrons. The summed E-state index contributed by atoms with van der Waals surface area (Å²) in [5.74, 6) is 1.06. The second-order valence-electron chi connectivity index (χ2n) is 5.02. The Morgan fingerprint density at radius 2 is 2.12 bits per heavy atom. The van der Waals surface area contributed by atoms with Crippen LogP contribution < -0.4 is 10.1 Å². The molecular formula is C16H15ClN2O4S2. The first-order valence-corrected chi connectivity index (χ1v) is 10.2. The first-order valence-electron chi connectivity index (χ1n) is 7.32. The normalized spacial score (nSPS) is 11.5. The Morgan fingerprint density at radius 1 is 1.32 bits per heavy atom. The molecule has 0 amide bonds. The van der Waals surface area contributed by atoms with E-state index in [1.807, 2.05) is 6.07 Å². The molecule has 3 rings (SSSR count). The second kappa shape index (κ2) is 7.07. The summed E-state index contributed by atoms with van der Waals surface area (Å²) in [6, 6.07) is 8.45. The van der Waals surface area contributed by atoms with Gasteiger partial charge in [-0.1, -0.05) is 18.5 Å². The number of benzene rings is 1. The number of aromatic nitrogens is 1. The Bertz CT molecular complexity index is 995. The van der Waals surface area contributed by atoms with Gasteiger partial charge in [0, 0.05) is 0 Å². The van der Waals surface area contributed by atoms with Crippen LogP contribution in [0.25, 0.3) is 10.6 Å². The van der Waals surface area contributed by atoms with Crippen LogP contribution in [0.4, 0.5) is 11.7 Å². The zero-order chi connectivity index (χ0) is 18.0. The van der Waals surface area contributed by atoms with Gasteiger partial charge in [-0.15, -0.1) is 11.3 Å². The summed E-state index contributed by atoms with van der Waals surface area (Å²) in [5.41, 5.74) is 0.453. The lowest BCUT2D eigenvalue weighted by Gasteiger charge is -2.10. The van der Waals surface area contributed by atoms with Crippen LogP contribution in [0.3, 0.4) is 0 Å². The number of sulfone groups is 1. The standard InChI is InChI=1S/C16H15ClN2O4S2/c1-3-25(20,21)10-4-5-12(22-2)11(8-10)19-16-18-9-13(23-16)14-6-7-15(17)24-14/h4-9H,3H2,1-2H3,(H,18,19). The highest BCUT2D eigenvalue weighted by molar-refractivity contribution is 7.91. The number of nitrogens with zero attached hydrogens (tertiary/aromatic N) is 1. The van der Waals surface area contributed by atoms with Gasteiger partial charge >= 0.3 is 0 Å². The topological polar surface area (TPSA) is 81.4 Å². The molecule has 0 saturated carbocycles. The second-order valence-corrected chi connectivity index (χ2v) is 9.02. The third-order valence-electron chi connectivity index (χ3n) is 3.47. The van der Waals surface area contributed by atoms with Gasteiger partial charge in [-0.2, -0.15) is 0 Å². The van der Waals surface area contributed by atoms with Crippen molar-refractivity contribution in [2.24, 2.45) is 0 Å². The SMILES string of the molecule is CCS(=O)(=O)c1ccc(OC)c(Nc2ncc(-c3ccc(Cl)s3)o2)c1. The van der Waals surface area contributed by atoms with Gasteiger partial charge in [0.25, 0.3) is 6.01 Å². The van der Waals surface area contributed by atoms with Crippen LogP contribution in [0, 0.1) is 0 Å². The molecule has 1 aromatic carbocycles. The summed E-state index contributed by atoms with van der Waals surface area (Å²) in [4.78, 5) is 5.22. The molecule has 3 aromatic rings. The minimum absolute atomic E-state index is 0.0149. The van der Waals surface area contributed by atoms with E-state index in [9.17, 15) is 8.42 Å². The predicted molar refractivity (Wildman–Crippen MR) is 98.8 cm³/mol. The maximum atomic E-state index is 12.1. The van der Waals surface area contributed by atoms with Gasteiger partial charge in [0.15, 0.2) is 15.6 Å². The number of hydrogen-bond donors (Lipinski definition) is 1. The minimum atomic E-state index is -3.33. The van der Waals surface area contributed by atoms with Crippen LogP contribution in [0.15, 0.2) is 45.8 Å². The minimum Gasteiger partial charge on any atom is -0.495 e. The van der Waals surface area contributed by atoms with E-state index in [4.69, 9.17) is 20.8 Å². The van der Waals surface area contributed by atoms with E-state index in [2.05, 4.69) is 10.3 Å². The van der Waals surface area contributed by atoms with Crippen LogP contribution in [-0.2, 0) is 9.84 Å². The number of methoxy groups -OCH3 is 1. The van der Waals surface area contributed by atoms with Gasteiger partial charge in [0.1, 0.15) is 5.75 Å². The summed E-state index contributed by atoms with van der Waals surface area (Å²) >= 11 is 7.30. The van der Waals surface area contributed by atoms with Gasteiger partial charge in [0.2, 0.25) is 0 Å². The van der Waals surface area contributed by atoms with Crippen LogP contribution in [0.1, 0.15) is 6.92 Å². The van der Waals surface area contributed by atoms with E-state index >= 15 is 0 Å². The van der Waals surface area contributed by atoms with Crippen molar-refractivity contribution < 1.29 is 17.6 Å². The molecule has 0 aliphatic heterocycles. The van der Waals surface area contributed by atoms with Crippen LogP contribution in [0.5, 0.6) is 5.75 Å². The molecule has 2 heterocycles. The fourth-order valence-corrected chi connectivity index (χ4v) is 4.05. The molecule has 0 atom stereocenters. The number of thiophene rings is 1. The molecule has 2 aromatic heterocycles. The molecule has 0 fully saturated rings. The number of rotatable bonds is 6. The summed E-state index contributed by atoms with van der Waals surface area (Å²) in [7, 11) is -1.83. The third kappa shape index (κ3) is 3.81. The summed E-state index contributed by atoms with van der Waals surface area (Å²) in [6.07, 6.45) is 1.57. The van der Waals surface area contributed by atoms with Gasteiger partial charge in [-0.25, -0.2) is 13.4 Å². The number of hydrogen-bond acceptors (Lipinski definition) is 7. The Labute approximate surface area is 154 Å². The molecule has 1 N–H and O–H groups in total. The molecule has 0 spiro atoms. The smallest absolute Gasteiger partial charge is 0.299 e. The van der Waals surface area contributed by atoms with Crippen molar-refractivity contribution >= 4 is 44.5 Å². The number of oxazole rings is 1. The van der Waals surface area contributed by atoms with Crippen molar-refractivity contribution in [2.75, 3.05) is 18.2 Å². The Kier molecular flexibility index (Phi) is 5.03. The Balaban J connectivity index is 1.92. The van der Waals surface area contributed by atoms with E-state index in [0.717, 1.165) is 4.88 Å². The van der Waals surface area contributed by atoms with Crippen molar-refractivity contribution in [1.82, 2.24) is 4.98 Å². The van der Waals surface area contributed by atoms with Crippen LogP contribution in [-0.4, -0.2) is 26.3 Å². The largest absolute Gasteiger partial charge is 0.495 e. The lowest BCUT2D eigenvalue weighted by molar-refractivity contribution is 0.416. The fourth-order valence-electron chi connectivity index (χ4n) is 2.15. The number of anilines is 2. The van der Waals surface area contributed by atoms with Gasteiger partial charge in [0.05, 0.1) is 38.9 Å². The van der Waals surface area contributed by atoms with Crippen molar-refractivity contribution in [2.45, 2.75) is 11.8 Å². The van der Waals surface area contributed by atoms with E-state index in [1.165, 1.54) is 30.6 Å². The quantitative estimate of drug-likeness (QED) is 0.653. The van der Waals surface area contributed by atoms with E-state index in [0.29, 0.717) is 21.5 Å². The molecule has 0 aliphatic rings. The van der Waals surface area contributed by atoms with Crippen molar-refractivity contribution in [3.05, 3.63) is 40.9 Å². The van der Waals surface area contributed by atoms with Crippen molar-refractivity contribution in [1.29, 1.82) is 0 Å². The van der Waals surface area contributed by atoms with E-state index in [1.54, 1.807) is 25.3 Å². The zero-order valence-corrected chi connectivity index (χ0v) is 15.8. The monoisotopic (exact) mass is 398 g/mol. The first kappa shape index (κ1) is 17.8.